The smallest absolute Gasteiger partial charge is 0.357 e. The first-order valence-electron chi connectivity index (χ1n) is 8.32. The average Bonchev–Trinajstić information content (AvgIpc) is 3.19. The molecule has 0 aliphatic heterocycles. The summed E-state index contributed by atoms with van der Waals surface area (Å²) in [6.45, 7) is 1.84. The van der Waals surface area contributed by atoms with E-state index in [0.717, 1.165) is 0 Å². The second-order valence-corrected chi connectivity index (χ2v) is 5.54. The van der Waals surface area contributed by atoms with Crippen LogP contribution in [0.2, 0.25) is 0 Å². The summed E-state index contributed by atoms with van der Waals surface area (Å²) in [4.78, 5) is 43.8. The molecule has 27 heavy (non-hydrogen) atoms. The zero-order valence-corrected chi connectivity index (χ0v) is 14.6. The minimum Gasteiger partial charge on any atom is -0.461 e. The number of carbonyl (C=O) groups excluding carboxylic acids is 3. The standard InChI is InChI=1S/C20H17N3O4/c1-2-27-20(26)17-16(21-12-22-17)19(25)23-15-11-7-6-10-14(15)18(24)13-8-4-3-5-9-13/h3-12H,2H2,1H3,(H,21,22)(H,23,25). The van der Waals surface area contributed by atoms with Gasteiger partial charge in [-0.15, -0.1) is 0 Å². The summed E-state index contributed by atoms with van der Waals surface area (Å²) in [5, 5.41) is 2.65. The maximum absolute atomic E-state index is 12.7. The van der Waals surface area contributed by atoms with Crippen LogP contribution in [0.3, 0.4) is 0 Å². The van der Waals surface area contributed by atoms with Crippen molar-refractivity contribution in [2.75, 3.05) is 11.9 Å². The molecule has 1 heterocycles. The molecule has 0 aliphatic carbocycles. The van der Waals surface area contributed by atoms with Crippen LogP contribution in [0, 0.1) is 0 Å². The third-order valence-corrected chi connectivity index (χ3v) is 3.79. The van der Waals surface area contributed by atoms with Gasteiger partial charge in [-0.1, -0.05) is 42.5 Å². The monoisotopic (exact) mass is 363 g/mol. The first-order valence-corrected chi connectivity index (χ1v) is 8.32. The maximum atomic E-state index is 12.7. The molecule has 2 aromatic carbocycles. The highest BCUT2D eigenvalue weighted by molar-refractivity contribution is 6.16. The molecule has 7 nitrogen and oxygen atoms in total. The van der Waals surface area contributed by atoms with Crippen molar-refractivity contribution < 1.29 is 19.1 Å². The number of hydrogen-bond donors (Lipinski definition) is 2. The number of amides is 1. The van der Waals surface area contributed by atoms with Gasteiger partial charge < -0.3 is 15.0 Å². The topological polar surface area (TPSA) is 101 Å². The van der Waals surface area contributed by atoms with Crippen LogP contribution in [-0.4, -0.2) is 34.2 Å². The molecular weight excluding hydrogens is 346 g/mol. The van der Waals surface area contributed by atoms with E-state index in [0.29, 0.717) is 16.8 Å². The van der Waals surface area contributed by atoms with E-state index >= 15 is 0 Å². The SMILES string of the molecule is CCOC(=O)c1[nH]cnc1C(=O)Nc1ccccc1C(=O)c1ccccc1. The summed E-state index contributed by atoms with van der Waals surface area (Å²) in [5.41, 5.74) is 1.03. The Morgan fingerprint density at radius 1 is 1.04 bits per heavy atom. The molecule has 0 unspecified atom stereocenters. The second kappa shape index (κ2) is 8.09. The van der Waals surface area contributed by atoms with Crippen molar-refractivity contribution in [1.29, 1.82) is 0 Å². The van der Waals surface area contributed by atoms with Gasteiger partial charge >= 0.3 is 5.97 Å². The zero-order chi connectivity index (χ0) is 19.2. The van der Waals surface area contributed by atoms with Gasteiger partial charge in [0, 0.05) is 11.1 Å². The number of carbonyl (C=O) groups is 3. The predicted molar refractivity (Wildman–Crippen MR) is 98.8 cm³/mol. The summed E-state index contributed by atoms with van der Waals surface area (Å²) in [6, 6.07) is 15.4. The molecule has 1 aromatic heterocycles. The molecule has 2 N–H and O–H groups in total. The molecular formula is C20H17N3O4. The first kappa shape index (κ1) is 18.1. The van der Waals surface area contributed by atoms with E-state index in [-0.39, 0.29) is 23.8 Å². The molecule has 0 saturated carbocycles. The Morgan fingerprint density at radius 2 is 1.74 bits per heavy atom. The van der Waals surface area contributed by atoms with Crippen molar-refractivity contribution in [2.24, 2.45) is 0 Å². The number of ether oxygens (including phenoxy) is 1. The lowest BCUT2D eigenvalue weighted by Gasteiger charge is -2.10. The van der Waals surface area contributed by atoms with Gasteiger partial charge in [0.2, 0.25) is 0 Å². The van der Waals surface area contributed by atoms with Gasteiger partial charge in [-0.25, -0.2) is 9.78 Å². The van der Waals surface area contributed by atoms with Crippen LogP contribution < -0.4 is 5.32 Å². The Bertz CT molecular complexity index is 980. The molecule has 0 bridgehead atoms. The quantitative estimate of drug-likeness (QED) is 0.518. The minimum absolute atomic E-state index is 0.0405. The zero-order valence-electron chi connectivity index (χ0n) is 14.6. The summed E-state index contributed by atoms with van der Waals surface area (Å²) in [6.07, 6.45) is 1.24. The summed E-state index contributed by atoms with van der Waals surface area (Å²) in [5.74, 6) is -1.51. The lowest BCUT2D eigenvalue weighted by Crippen LogP contribution is -2.19. The number of aromatic amines is 1. The third-order valence-electron chi connectivity index (χ3n) is 3.79. The van der Waals surface area contributed by atoms with Gasteiger partial charge in [-0.2, -0.15) is 0 Å². The highest BCUT2D eigenvalue weighted by atomic mass is 16.5. The van der Waals surface area contributed by atoms with Gasteiger partial charge in [-0.05, 0) is 19.1 Å². The Labute approximate surface area is 155 Å². The number of aromatic nitrogens is 2. The number of imidazole rings is 1. The lowest BCUT2D eigenvalue weighted by atomic mass is 10.0. The first-order chi connectivity index (χ1) is 13.1. The fourth-order valence-electron chi connectivity index (χ4n) is 2.54. The number of nitrogens with one attached hydrogen (secondary N) is 2. The van der Waals surface area contributed by atoms with E-state index in [4.69, 9.17) is 4.74 Å². The molecule has 0 saturated heterocycles. The van der Waals surface area contributed by atoms with Gasteiger partial charge in [-0.3, -0.25) is 9.59 Å². The van der Waals surface area contributed by atoms with Crippen LogP contribution in [-0.2, 0) is 4.74 Å². The summed E-state index contributed by atoms with van der Waals surface area (Å²) in [7, 11) is 0. The van der Waals surface area contributed by atoms with E-state index < -0.39 is 11.9 Å². The van der Waals surface area contributed by atoms with Crippen LogP contribution >= 0.6 is 0 Å². The van der Waals surface area contributed by atoms with Crippen molar-refractivity contribution in [3.05, 3.63) is 83.4 Å². The number of esters is 1. The highest BCUT2D eigenvalue weighted by Gasteiger charge is 2.23. The third kappa shape index (κ3) is 3.92. The van der Waals surface area contributed by atoms with Crippen molar-refractivity contribution in [2.45, 2.75) is 6.92 Å². The lowest BCUT2D eigenvalue weighted by molar-refractivity contribution is 0.0517. The second-order valence-electron chi connectivity index (χ2n) is 5.54. The summed E-state index contributed by atoms with van der Waals surface area (Å²) >= 11 is 0. The molecule has 0 aliphatic rings. The van der Waals surface area contributed by atoms with Gasteiger partial charge in [0.05, 0.1) is 18.6 Å². The van der Waals surface area contributed by atoms with Crippen molar-refractivity contribution in [1.82, 2.24) is 9.97 Å². The normalized spacial score (nSPS) is 10.3. The van der Waals surface area contributed by atoms with E-state index in [1.54, 1.807) is 55.5 Å². The van der Waals surface area contributed by atoms with Crippen LogP contribution in [0.25, 0.3) is 0 Å². The Balaban J connectivity index is 1.87. The maximum Gasteiger partial charge on any atom is 0.357 e. The molecule has 3 aromatic rings. The number of rotatable bonds is 6. The predicted octanol–water partition coefficient (Wildman–Crippen LogP) is 3.07. The van der Waals surface area contributed by atoms with Crippen molar-refractivity contribution >= 4 is 23.3 Å². The fourth-order valence-corrected chi connectivity index (χ4v) is 2.54. The summed E-state index contributed by atoms with van der Waals surface area (Å²) < 4.78 is 4.90. The number of nitrogens with zero attached hydrogens (tertiary/aromatic N) is 1. The van der Waals surface area contributed by atoms with Crippen molar-refractivity contribution in [3.8, 4) is 0 Å². The Hall–Kier alpha value is -3.74. The van der Waals surface area contributed by atoms with E-state index in [1.807, 2.05) is 6.07 Å². The average molecular weight is 363 g/mol. The van der Waals surface area contributed by atoms with Crippen molar-refractivity contribution in [3.63, 3.8) is 0 Å². The largest absolute Gasteiger partial charge is 0.461 e. The van der Waals surface area contributed by atoms with Crippen LogP contribution in [0.5, 0.6) is 0 Å². The van der Waals surface area contributed by atoms with E-state index in [2.05, 4.69) is 15.3 Å². The Kier molecular flexibility index (Phi) is 5.41. The minimum atomic E-state index is -0.672. The van der Waals surface area contributed by atoms with Gasteiger partial charge in [0.15, 0.2) is 17.2 Å². The molecule has 3 rings (SSSR count). The van der Waals surface area contributed by atoms with Crippen LogP contribution in [0.15, 0.2) is 60.9 Å². The number of benzene rings is 2. The molecule has 1 amide bonds. The molecule has 136 valence electrons. The molecule has 0 atom stereocenters. The van der Waals surface area contributed by atoms with Gasteiger partial charge in [0.25, 0.3) is 5.91 Å². The van der Waals surface area contributed by atoms with Gasteiger partial charge in [0.1, 0.15) is 0 Å². The van der Waals surface area contributed by atoms with Crippen LogP contribution in [0.1, 0.15) is 43.8 Å². The number of H-pyrrole nitrogens is 1. The molecule has 7 heteroatoms. The Morgan fingerprint density at radius 3 is 2.48 bits per heavy atom. The van der Waals surface area contributed by atoms with Crippen LogP contribution in [0.4, 0.5) is 5.69 Å². The number of ketones is 1. The molecule has 0 radical (unpaired) electrons. The molecule has 0 spiro atoms. The molecule has 0 fully saturated rings. The number of para-hydroxylation sites is 1. The fraction of sp³-hybridized carbons (Fsp3) is 0.100. The number of anilines is 1. The van der Waals surface area contributed by atoms with E-state index in [1.165, 1.54) is 6.33 Å². The highest BCUT2D eigenvalue weighted by Crippen LogP contribution is 2.20. The number of hydrogen-bond acceptors (Lipinski definition) is 5. The van der Waals surface area contributed by atoms with E-state index in [9.17, 15) is 14.4 Å².